The van der Waals surface area contributed by atoms with Crippen LogP contribution in [0.5, 0.6) is 0 Å². The van der Waals surface area contributed by atoms with Crippen LogP contribution in [0.1, 0.15) is 144 Å². The minimum atomic E-state index is -0.529. The Hall–Kier alpha value is -0.740. The number of unbranched alkanes of at least 4 members (excludes halogenated alkanes) is 11. The summed E-state index contributed by atoms with van der Waals surface area (Å²) in [5.41, 5.74) is -0.907. The van der Waals surface area contributed by atoms with Crippen LogP contribution in [-0.2, 0) is 14.8 Å². The Kier molecular flexibility index (Phi) is 12.5. The third kappa shape index (κ3) is 11.1. The molecule has 0 aromatic heterocycles. The first-order valence-electron chi connectivity index (χ1n) is 13.0. The van der Waals surface area contributed by atoms with Gasteiger partial charge in [-0.15, -0.1) is 10.3 Å². The molecule has 0 aromatic carbocycles. The van der Waals surface area contributed by atoms with E-state index in [4.69, 9.17) is 0 Å². The molecule has 0 N–H and O–H groups in total. The van der Waals surface area contributed by atoms with Crippen LogP contribution in [-0.4, -0.2) is 28.2 Å². The van der Waals surface area contributed by atoms with E-state index in [1.165, 1.54) is 83.3 Å². The van der Waals surface area contributed by atoms with Crippen LogP contribution in [0.3, 0.4) is 0 Å². The molecule has 2 rings (SSSR count). The van der Waals surface area contributed by atoms with E-state index in [1.807, 2.05) is 27.7 Å². The average molecular weight is 437 g/mol. The normalized spacial score (nSPS) is 21.3. The Morgan fingerprint density at radius 1 is 0.742 bits per heavy atom. The van der Waals surface area contributed by atoms with Crippen molar-refractivity contribution in [1.82, 2.24) is 5.06 Å². The van der Waals surface area contributed by atoms with Crippen molar-refractivity contribution in [2.24, 2.45) is 5.41 Å². The van der Waals surface area contributed by atoms with Gasteiger partial charge in [0.1, 0.15) is 12.1 Å². The smallest absolute Gasteiger partial charge is 0.136 e. The lowest BCUT2D eigenvalue weighted by molar-refractivity contribution is -0.280. The minimum absolute atomic E-state index is 0.151. The van der Waals surface area contributed by atoms with E-state index in [0.717, 1.165) is 24.3 Å². The molecule has 0 spiro atoms. The molecule has 1 radical (unpaired) electrons. The molecule has 31 heavy (non-hydrogen) atoms. The lowest BCUT2D eigenvalue weighted by Gasteiger charge is -2.45. The van der Waals surface area contributed by atoms with Gasteiger partial charge in [0.2, 0.25) is 0 Å². The summed E-state index contributed by atoms with van der Waals surface area (Å²) in [5.74, 6) is 0.192. The van der Waals surface area contributed by atoms with Gasteiger partial charge in [0.25, 0.3) is 0 Å². The monoisotopic (exact) mass is 436 g/mol. The number of carbonyl (C=O) groups excluding carboxylic acids is 2. The van der Waals surface area contributed by atoms with Crippen LogP contribution in [0.25, 0.3) is 0 Å². The van der Waals surface area contributed by atoms with Crippen molar-refractivity contribution < 1.29 is 14.8 Å². The largest absolute Gasteiger partial charge is 0.303 e. The van der Waals surface area contributed by atoms with Crippen molar-refractivity contribution >= 4 is 12.1 Å². The van der Waals surface area contributed by atoms with Crippen LogP contribution in [0.2, 0.25) is 0 Å². The molecule has 1 saturated heterocycles. The number of rotatable bonds is 14. The summed E-state index contributed by atoms with van der Waals surface area (Å²) >= 11 is 0. The zero-order chi connectivity index (χ0) is 23.4. The molecule has 0 unspecified atom stereocenters. The fourth-order valence-corrected chi connectivity index (χ4v) is 4.90. The number of carbonyl (C=O) groups is 2. The molecule has 4 nitrogen and oxygen atoms in total. The molecule has 181 valence electrons. The minimum Gasteiger partial charge on any atom is -0.303 e. The summed E-state index contributed by atoms with van der Waals surface area (Å²) < 4.78 is 0. The third-order valence-corrected chi connectivity index (χ3v) is 7.03. The van der Waals surface area contributed by atoms with Crippen LogP contribution < -0.4 is 0 Å². The van der Waals surface area contributed by atoms with Crippen LogP contribution in [0, 0.1) is 5.41 Å². The van der Waals surface area contributed by atoms with Gasteiger partial charge in [-0.3, -0.25) is 4.79 Å². The summed E-state index contributed by atoms with van der Waals surface area (Å²) in [6.07, 6.45) is 22.2. The highest BCUT2D eigenvalue weighted by molar-refractivity contribution is 5.81. The second kappa shape index (κ2) is 13.7. The number of hydrogen-bond donors (Lipinski definition) is 0. The highest BCUT2D eigenvalue weighted by Crippen LogP contribution is 2.47. The summed E-state index contributed by atoms with van der Waals surface area (Å²) in [6, 6.07) is 0. The molecular formula is C27H50NO3. The van der Waals surface area contributed by atoms with Crippen molar-refractivity contribution in [3.05, 3.63) is 0 Å². The van der Waals surface area contributed by atoms with Crippen LogP contribution in [0.4, 0.5) is 0 Å². The van der Waals surface area contributed by atoms with E-state index in [-0.39, 0.29) is 11.2 Å². The first-order valence-corrected chi connectivity index (χ1v) is 13.0. The quantitative estimate of drug-likeness (QED) is 0.208. The van der Waals surface area contributed by atoms with Gasteiger partial charge in [0.15, 0.2) is 0 Å². The Balaban J connectivity index is 0.000000343. The molecule has 1 aliphatic carbocycles. The summed E-state index contributed by atoms with van der Waals surface area (Å²) in [4.78, 5) is 22.1. The van der Waals surface area contributed by atoms with Crippen molar-refractivity contribution in [3.8, 4) is 0 Å². The van der Waals surface area contributed by atoms with Gasteiger partial charge < -0.3 is 4.79 Å². The Morgan fingerprint density at radius 3 is 1.48 bits per heavy atom. The maximum atomic E-state index is 11.7. The number of Topliss-reactive ketones (excluding diaryl/α,β-unsaturated/α-hetero) is 1. The molecule has 1 heterocycles. The zero-order valence-electron chi connectivity index (χ0n) is 21.3. The van der Waals surface area contributed by atoms with Gasteiger partial charge in [-0.25, -0.2) is 0 Å². The van der Waals surface area contributed by atoms with Crippen molar-refractivity contribution in [2.75, 3.05) is 0 Å². The number of nitrogens with zero attached hydrogens (tertiary/aromatic N) is 1. The van der Waals surface area contributed by atoms with E-state index in [2.05, 4.69) is 6.92 Å². The molecule has 1 saturated carbocycles. The first kappa shape index (κ1) is 28.3. The fraction of sp³-hybridized carbons (Fsp3) is 0.926. The van der Waals surface area contributed by atoms with E-state index >= 15 is 0 Å². The first-order chi connectivity index (χ1) is 14.6. The summed E-state index contributed by atoms with van der Waals surface area (Å²) in [7, 11) is 0. The highest BCUT2D eigenvalue weighted by Gasteiger charge is 2.45. The summed E-state index contributed by atoms with van der Waals surface area (Å²) in [6.45, 7) is 9.55. The van der Waals surface area contributed by atoms with E-state index < -0.39 is 11.1 Å². The maximum absolute atomic E-state index is 11.7. The molecule has 0 atom stereocenters. The van der Waals surface area contributed by atoms with Gasteiger partial charge in [0, 0.05) is 18.3 Å². The fourth-order valence-electron chi connectivity index (χ4n) is 4.90. The van der Waals surface area contributed by atoms with Crippen LogP contribution in [0.15, 0.2) is 0 Å². The van der Waals surface area contributed by atoms with Crippen molar-refractivity contribution in [2.45, 2.75) is 155 Å². The van der Waals surface area contributed by atoms with E-state index in [9.17, 15) is 14.8 Å². The lowest BCUT2D eigenvalue weighted by Crippen LogP contribution is -2.58. The highest BCUT2D eigenvalue weighted by atomic mass is 16.5. The van der Waals surface area contributed by atoms with Crippen molar-refractivity contribution in [1.29, 1.82) is 0 Å². The van der Waals surface area contributed by atoms with Gasteiger partial charge in [-0.05, 0) is 47.0 Å². The summed E-state index contributed by atoms with van der Waals surface area (Å²) in [5, 5.41) is 12.7. The standard InChI is InChI=1S/C18H34O.C9H16NO2/c1-2-3-4-5-6-7-8-9-10-11-12-13-14-18(17-19)15-16-18;1-8(2)5-7(11)6-9(3,4)10(8)12/h17H,2-16H2,1H3;5-6H2,1-4H3. The zero-order valence-corrected chi connectivity index (χ0v) is 21.3. The van der Waals surface area contributed by atoms with Crippen LogP contribution >= 0.6 is 0 Å². The van der Waals surface area contributed by atoms with Gasteiger partial charge in [-0.2, -0.15) is 0 Å². The number of hydroxylamine groups is 2. The maximum Gasteiger partial charge on any atom is 0.136 e. The number of ketones is 1. The molecule has 4 heteroatoms. The molecule has 0 bridgehead atoms. The molecule has 2 aliphatic rings. The number of aldehydes is 1. The van der Waals surface area contributed by atoms with Gasteiger partial charge in [-0.1, -0.05) is 84.0 Å². The van der Waals surface area contributed by atoms with Gasteiger partial charge >= 0.3 is 0 Å². The SMILES string of the molecule is CC1(C)CC(=O)CC(C)(C)N1[O].CCCCCCCCCCCCCCC1(C=O)CC1. The predicted molar refractivity (Wildman–Crippen MR) is 128 cm³/mol. The Labute approximate surface area is 192 Å². The number of piperidine rings is 1. The molecule has 0 amide bonds. The topological polar surface area (TPSA) is 57.3 Å². The number of hydrogen-bond acceptors (Lipinski definition) is 3. The van der Waals surface area contributed by atoms with E-state index in [0.29, 0.717) is 12.8 Å². The van der Waals surface area contributed by atoms with E-state index in [1.54, 1.807) is 0 Å². The predicted octanol–water partition coefficient (Wildman–Crippen LogP) is 7.61. The Bertz CT molecular complexity index is 503. The Morgan fingerprint density at radius 2 is 1.13 bits per heavy atom. The second-order valence-electron chi connectivity index (χ2n) is 11.4. The van der Waals surface area contributed by atoms with Crippen molar-refractivity contribution in [3.63, 3.8) is 0 Å². The molecule has 2 fully saturated rings. The average Bonchev–Trinajstić information content (AvgIpc) is 3.47. The molecule has 0 aromatic rings. The second-order valence-corrected chi connectivity index (χ2v) is 11.4. The lowest BCUT2D eigenvalue weighted by atomic mass is 9.81. The van der Waals surface area contributed by atoms with Gasteiger partial charge in [0.05, 0.1) is 11.1 Å². The molecule has 1 aliphatic heterocycles. The molecular weight excluding hydrogens is 386 g/mol. The third-order valence-electron chi connectivity index (χ3n) is 7.03.